The molecule has 0 bridgehead atoms. The van der Waals surface area contributed by atoms with E-state index in [0.717, 1.165) is 12.7 Å². The van der Waals surface area contributed by atoms with E-state index in [2.05, 4.69) is 5.32 Å². The van der Waals surface area contributed by atoms with Crippen molar-refractivity contribution in [2.45, 2.75) is 32.9 Å². The van der Waals surface area contributed by atoms with E-state index in [4.69, 9.17) is 5.73 Å². The highest BCUT2D eigenvalue weighted by atomic mass is 32.2. The highest BCUT2D eigenvalue weighted by Gasteiger charge is 2.17. The number of nitrogens with two attached hydrogens (primary N) is 1. The van der Waals surface area contributed by atoms with Crippen molar-refractivity contribution in [2.75, 3.05) is 17.7 Å². The quantitative estimate of drug-likeness (QED) is 0.803. The number of nitrogen functional groups attached to an aromatic ring is 1. The van der Waals surface area contributed by atoms with E-state index >= 15 is 0 Å². The molecule has 0 aromatic carbocycles. The van der Waals surface area contributed by atoms with Crippen molar-refractivity contribution in [2.24, 2.45) is 0 Å². The molecular weight excluding hydrogens is 266 g/mol. The maximum atomic E-state index is 12.1. The molecule has 1 heterocycles. The van der Waals surface area contributed by atoms with Gasteiger partial charge in [0.15, 0.2) is 0 Å². The lowest BCUT2D eigenvalue weighted by Crippen LogP contribution is -2.38. The molecule has 0 saturated carbocycles. The number of aryl methyl sites for hydroxylation is 1. The maximum absolute atomic E-state index is 12.1. The molecule has 0 saturated heterocycles. The molecule has 108 valence electrons. The fraction of sp³-hybridized carbons (Fsp3) is 0.583. The van der Waals surface area contributed by atoms with E-state index in [0.29, 0.717) is 17.9 Å². The van der Waals surface area contributed by atoms with Crippen molar-refractivity contribution in [1.82, 2.24) is 9.88 Å². The van der Waals surface area contributed by atoms with Gasteiger partial charge in [0.2, 0.25) is 0 Å². The lowest BCUT2D eigenvalue weighted by Gasteiger charge is -2.14. The Kier molecular flexibility index (Phi) is 4.99. The molecule has 1 rings (SSSR count). The van der Waals surface area contributed by atoms with Gasteiger partial charge in [-0.25, -0.2) is 8.42 Å². The molecule has 19 heavy (non-hydrogen) atoms. The van der Waals surface area contributed by atoms with Crippen LogP contribution in [0.1, 0.15) is 30.8 Å². The van der Waals surface area contributed by atoms with Crippen LogP contribution in [0.4, 0.5) is 5.69 Å². The van der Waals surface area contributed by atoms with E-state index in [9.17, 15) is 13.2 Å². The van der Waals surface area contributed by atoms with Gasteiger partial charge in [0.05, 0.1) is 11.4 Å². The van der Waals surface area contributed by atoms with Gasteiger partial charge in [0.1, 0.15) is 15.5 Å². The summed E-state index contributed by atoms with van der Waals surface area (Å²) in [5, 5.41) is 2.67. The molecule has 0 radical (unpaired) electrons. The zero-order chi connectivity index (χ0) is 14.6. The summed E-state index contributed by atoms with van der Waals surface area (Å²) >= 11 is 0. The predicted molar refractivity (Wildman–Crippen MR) is 75.8 cm³/mol. The third kappa shape index (κ3) is 4.94. The number of nitrogens with zero attached hydrogens (tertiary/aromatic N) is 1. The third-order valence-electron chi connectivity index (χ3n) is 2.55. The first-order valence-electron chi connectivity index (χ1n) is 6.17. The van der Waals surface area contributed by atoms with Crippen LogP contribution in [-0.2, 0) is 16.4 Å². The van der Waals surface area contributed by atoms with Crippen LogP contribution < -0.4 is 11.1 Å². The van der Waals surface area contributed by atoms with Gasteiger partial charge in [0, 0.05) is 25.0 Å². The molecule has 0 spiro atoms. The first-order chi connectivity index (χ1) is 8.73. The van der Waals surface area contributed by atoms with Crippen molar-refractivity contribution in [3.05, 3.63) is 18.0 Å². The van der Waals surface area contributed by atoms with Gasteiger partial charge in [-0.1, -0.05) is 6.92 Å². The zero-order valence-corrected chi connectivity index (χ0v) is 12.3. The Bertz CT molecular complexity index is 549. The van der Waals surface area contributed by atoms with Crippen LogP contribution in [0.25, 0.3) is 0 Å². The largest absolute Gasteiger partial charge is 0.397 e. The van der Waals surface area contributed by atoms with Crippen LogP contribution in [0.2, 0.25) is 0 Å². The minimum absolute atomic E-state index is 0.0806. The first kappa shape index (κ1) is 15.6. The Morgan fingerprint density at radius 3 is 2.68 bits per heavy atom. The molecule has 7 heteroatoms. The number of carbonyl (C=O) groups is 1. The fourth-order valence-corrected chi connectivity index (χ4v) is 2.93. The second kappa shape index (κ2) is 6.10. The molecule has 1 aromatic heterocycles. The van der Waals surface area contributed by atoms with Crippen molar-refractivity contribution < 1.29 is 13.2 Å². The number of hydrogen-bond acceptors (Lipinski definition) is 4. The van der Waals surface area contributed by atoms with Crippen LogP contribution in [0, 0.1) is 0 Å². The van der Waals surface area contributed by atoms with E-state index in [1.54, 1.807) is 23.8 Å². The van der Waals surface area contributed by atoms with Gasteiger partial charge in [-0.05, 0) is 19.4 Å². The topological polar surface area (TPSA) is 94.2 Å². The standard InChI is InChI=1S/C12H21N3O3S/c1-4-5-15-7-10(13)6-11(15)12(16)14-9(2)8-19(3,17)18/h6-7,9H,4-5,8,13H2,1-3H3,(H,14,16). The van der Waals surface area contributed by atoms with Gasteiger partial charge in [0.25, 0.3) is 5.91 Å². The third-order valence-corrected chi connectivity index (χ3v) is 3.65. The molecule has 0 aliphatic heterocycles. The van der Waals surface area contributed by atoms with Gasteiger partial charge >= 0.3 is 0 Å². The Balaban J connectivity index is 2.78. The Morgan fingerprint density at radius 2 is 2.16 bits per heavy atom. The van der Waals surface area contributed by atoms with Crippen molar-refractivity contribution >= 4 is 21.4 Å². The molecular formula is C12H21N3O3S. The normalized spacial score (nSPS) is 13.2. The summed E-state index contributed by atoms with van der Waals surface area (Å²) < 4.78 is 24.1. The monoisotopic (exact) mass is 287 g/mol. The van der Waals surface area contributed by atoms with Gasteiger partial charge in [-0.2, -0.15) is 0 Å². The smallest absolute Gasteiger partial charge is 0.268 e. The number of aromatic nitrogens is 1. The zero-order valence-electron chi connectivity index (χ0n) is 11.5. The Labute approximate surface area is 113 Å². The molecule has 1 atom stereocenters. The summed E-state index contributed by atoms with van der Waals surface area (Å²) in [5.74, 6) is -0.385. The molecule has 6 nitrogen and oxygen atoms in total. The Hall–Kier alpha value is -1.50. The van der Waals surface area contributed by atoms with Gasteiger partial charge in [-0.15, -0.1) is 0 Å². The second-order valence-electron chi connectivity index (χ2n) is 4.82. The van der Waals surface area contributed by atoms with Crippen LogP contribution in [0.5, 0.6) is 0 Å². The lowest BCUT2D eigenvalue weighted by molar-refractivity contribution is 0.0934. The van der Waals surface area contributed by atoms with E-state index in [1.807, 2.05) is 6.92 Å². The number of carbonyl (C=O) groups excluding carboxylic acids is 1. The average molecular weight is 287 g/mol. The van der Waals surface area contributed by atoms with Gasteiger partial charge < -0.3 is 15.6 Å². The summed E-state index contributed by atoms with van der Waals surface area (Å²) in [4.78, 5) is 12.1. The van der Waals surface area contributed by atoms with Gasteiger partial charge in [-0.3, -0.25) is 4.79 Å². The molecule has 0 fully saturated rings. The average Bonchev–Trinajstić information content (AvgIpc) is 2.57. The highest BCUT2D eigenvalue weighted by Crippen LogP contribution is 2.11. The first-order valence-corrected chi connectivity index (χ1v) is 8.23. The highest BCUT2D eigenvalue weighted by molar-refractivity contribution is 7.90. The van der Waals surface area contributed by atoms with Crippen LogP contribution in [0.15, 0.2) is 12.3 Å². The summed E-state index contributed by atoms with van der Waals surface area (Å²) in [6.07, 6.45) is 3.74. The molecule has 1 aromatic rings. The summed E-state index contributed by atoms with van der Waals surface area (Å²) in [6.45, 7) is 4.36. The molecule has 0 aliphatic carbocycles. The molecule has 1 unspecified atom stereocenters. The Morgan fingerprint density at radius 1 is 1.53 bits per heavy atom. The fourth-order valence-electron chi connectivity index (χ4n) is 1.94. The summed E-state index contributed by atoms with van der Waals surface area (Å²) in [7, 11) is -3.11. The second-order valence-corrected chi connectivity index (χ2v) is 7.00. The van der Waals surface area contributed by atoms with Crippen LogP contribution in [0.3, 0.4) is 0 Å². The van der Waals surface area contributed by atoms with Crippen LogP contribution in [-0.4, -0.2) is 36.9 Å². The number of hydrogen-bond donors (Lipinski definition) is 2. The minimum Gasteiger partial charge on any atom is -0.397 e. The van der Waals surface area contributed by atoms with Crippen LogP contribution >= 0.6 is 0 Å². The van der Waals surface area contributed by atoms with E-state index < -0.39 is 15.9 Å². The summed E-state index contributed by atoms with van der Waals surface area (Å²) in [6, 6.07) is 1.16. The number of sulfone groups is 1. The number of rotatable bonds is 6. The molecule has 3 N–H and O–H groups in total. The van der Waals surface area contributed by atoms with Crippen molar-refractivity contribution in [3.8, 4) is 0 Å². The molecule has 0 aliphatic rings. The summed E-state index contributed by atoms with van der Waals surface area (Å²) in [5.41, 5.74) is 6.66. The number of nitrogens with one attached hydrogen (secondary N) is 1. The van der Waals surface area contributed by atoms with E-state index in [-0.39, 0.29) is 11.7 Å². The minimum atomic E-state index is -3.11. The SMILES string of the molecule is CCCn1cc(N)cc1C(=O)NC(C)CS(C)(=O)=O. The van der Waals surface area contributed by atoms with Crippen molar-refractivity contribution in [3.63, 3.8) is 0 Å². The predicted octanol–water partition coefficient (Wildman–Crippen LogP) is 0.643. The van der Waals surface area contributed by atoms with E-state index in [1.165, 1.54) is 0 Å². The number of amides is 1. The molecule has 1 amide bonds. The lowest BCUT2D eigenvalue weighted by atomic mass is 10.3. The van der Waals surface area contributed by atoms with Crippen molar-refractivity contribution in [1.29, 1.82) is 0 Å². The maximum Gasteiger partial charge on any atom is 0.268 e. The number of anilines is 1.